The predicted octanol–water partition coefficient (Wildman–Crippen LogP) is 2.61. The van der Waals surface area contributed by atoms with Gasteiger partial charge in [0.15, 0.2) is 0 Å². The van der Waals surface area contributed by atoms with Crippen LogP contribution in [0.3, 0.4) is 0 Å². The number of alkyl halides is 3. The molecule has 0 aliphatic heterocycles. The molecule has 0 spiro atoms. The first-order valence-corrected chi connectivity index (χ1v) is 6.53. The average molecular weight is 320 g/mol. The molecule has 0 aliphatic rings. The van der Waals surface area contributed by atoms with Crippen LogP contribution in [0.25, 0.3) is 0 Å². The number of nitrogens with one attached hydrogen (secondary N) is 1. The fraction of sp³-hybridized carbons (Fsp3) is 0.385. The molecule has 0 aliphatic carbocycles. The molecular formula is C13H15F3N2O2S. The molecule has 0 radical (unpaired) electrons. The Kier molecular flexibility index (Phi) is 7.84. The van der Waals surface area contributed by atoms with Crippen LogP contribution in [0.15, 0.2) is 29.2 Å². The third kappa shape index (κ3) is 8.94. The molecular weight excluding hydrogens is 305 g/mol. The highest BCUT2D eigenvalue weighted by atomic mass is 32.2. The van der Waals surface area contributed by atoms with Gasteiger partial charge in [0.05, 0.1) is 12.7 Å². The number of halogens is 3. The standard InChI is InChI=1S/C8H7F3S.C5H8N2O2/c1-6-2-4-7(5-3-6)12-8(9,10)11;1-5(2-6,3-8)7-4-9/h2-5H,1H3;4,8H,3H2,1H3,(H,7,9). The molecule has 0 saturated heterocycles. The van der Waals surface area contributed by atoms with E-state index in [9.17, 15) is 18.0 Å². The van der Waals surface area contributed by atoms with Crippen LogP contribution in [0.4, 0.5) is 13.2 Å². The maximum atomic E-state index is 11.8. The number of nitrogens with zero attached hydrogens (tertiary/aromatic N) is 1. The van der Waals surface area contributed by atoms with E-state index < -0.39 is 11.0 Å². The van der Waals surface area contributed by atoms with Crippen molar-refractivity contribution >= 4 is 18.2 Å². The van der Waals surface area contributed by atoms with Crippen molar-refractivity contribution in [2.75, 3.05) is 6.61 Å². The highest BCUT2D eigenvalue weighted by Gasteiger charge is 2.28. The Morgan fingerprint density at radius 1 is 1.38 bits per heavy atom. The molecule has 8 heteroatoms. The summed E-state index contributed by atoms with van der Waals surface area (Å²) in [6.07, 6.45) is 0.388. The molecule has 1 aromatic rings. The van der Waals surface area contributed by atoms with Gasteiger partial charge in [0, 0.05) is 4.90 Å². The molecule has 1 atom stereocenters. The van der Waals surface area contributed by atoms with E-state index in [1.54, 1.807) is 18.2 Å². The predicted molar refractivity (Wildman–Crippen MR) is 73.4 cm³/mol. The lowest BCUT2D eigenvalue weighted by Gasteiger charge is -2.15. The smallest absolute Gasteiger partial charge is 0.393 e. The number of thioether (sulfide) groups is 1. The molecule has 1 rings (SSSR count). The van der Waals surface area contributed by atoms with Gasteiger partial charge in [-0.2, -0.15) is 18.4 Å². The van der Waals surface area contributed by atoms with Crippen molar-refractivity contribution in [2.24, 2.45) is 0 Å². The number of aliphatic hydroxyl groups is 1. The van der Waals surface area contributed by atoms with Gasteiger partial charge in [0.2, 0.25) is 6.41 Å². The molecule has 4 nitrogen and oxygen atoms in total. The van der Waals surface area contributed by atoms with Crippen LogP contribution in [0.5, 0.6) is 0 Å². The minimum Gasteiger partial charge on any atom is -0.393 e. The highest BCUT2D eigenvalue weighted by Crippen LogP contribution is 2.36. The Morgan fingerprint density at radius 2 is 1.90 bits per heavy atom. The number of hydrogen-bond acceptors (Lipinski definition) is 4. The Bertz CT molecular complexity index is 486. The van der Waals surface area contributed by atoms with E-state index in [2.05, 4.69) is 5.32 Å². The van der Waals surface area contributed by atoms with Gasteiger partial charge >= 0.3 is 5.51 Å². The van der Waals surface area contributed by atoms with Crippen molar-refractivity contribution in [3.05, 3.63) is 29.8 Å². The zero-order chi connectivity index (χ0) is 16.5. The van der Waals surface area contributed by atoms with Gasteiger partial charge in [0.25, 0.3) is 0 Å². The number of carbonyl (C=O) groups is 1. The normalized spacial score (nSPS) is 13.2. The number of rotatable bonds is 4. The summed E-state index contributed by atoms with van der Waals surface area (Å²) in [6.45, 7) is 2.89. The van der Waals surface area contributed by atoms with Crippen molar-refractivity contribution in [2.45, 2.75) is 29.8 Å². The zero-order valence-electron chi connectivity index (χ0n) is 11.4. The first-order valence-electron chi connectivity index (χ1n) is 5.71. The van der Waals surface area contributed by atoms with Crippen LogP contribution < -0.4 is 5.32 Å². The van der Waals surface area contributed by atoms with Gasteiger partial charge in [-0.3, -0.25) is 4.79 Å². The lowest BCUT2D eigenvalue weighted by molar-refractivity contribution is -0.110. The number of benzene rings is 1. The first-order chi connectivity index (χ1) is 9.65. The van der Waals surface area contributed by atoms with Crippen LogP contribution in [-0.4, -0.2) is 29.2 Å². The van der Waals surface area contributed by atoms with Gasteiger partial charge in [-0.25, -0.2) is 0 Å². The summed E-state index contributed by atoms with van der Waals surface area (Å²) in [7, 11) is 0. The SMILES string of the molecule is CC(C#N)(CO)NC=O.Cc1ccc(SC(F)(F)F)cc1. The van der Waals surface area contributed by atoms with Gasteiger partial charge in [-0.05, 0) is 37.7 Å². The lowest BCUT2D eigenvalue weighted by atomic mass is 10.1. The van der Waals surface area contributed by atoms with Gasteiger partial charge in [-0.15, -0.1) is 0 Å². The summed E-state index contributed by atoms with van der Waals surface area (Å²) in [5, 5.41) is 18.9. The summed E-state index contributed by atoms with van der Waals surface area (Å²) in [5.41, 5.74) is -4.35. The van der Waals surface area contributed by atoms with Crippen LogP contribution in [0.1, 0.15) is 12.5 Å². The van der Waals surface area contributed by atoms with Crippen molar-refractivity contribution in [1.82, 2.24) is 5.32 Å². The van der Waals surface area contributed by atoms with E-state index in [0.29, 0.717) is 6.41 Å². The maximum Gasteiger partial charge on any atom is 0.446 e. The fourth-order valence-electron chi connectivity index (χ4n) is 0.983. The van der Waals surface area contributed by atoms with Gasteiger partial charge < -0.3 is 10.4 Å². The number of carbonyl (C=O) groups excluding carboxylic acids is 1. The molecule has 2 N–H and O–H groups in total. The van der Waals surface area contributed by atoms with Crippen LogP contribution in [0, 0.1) is 18.3 Å². The van der Waals surface area contributed by atoms with E-state index >= 15 is 0 Å². The molecule has 0 heterocycles. The third-order valence-electron chi connectivity index (χ3n) is 2.20. The molecule has 1 aromatic carbocycles. The minimum absolute atomic E-state index is 0.0906. The van der Waals surface area contributed by atoms with Crippen LogP contribution in [0.2, 0.25) is 0 Å². The molecule has 0 saturated carbocycles. The average Bonchev–Trinajstić information content (AvgIpc) is 2.41. The minimum atomic E-state index is -4.19. The summed E-state index contributed by atoms with van der Waals surface area (Å²) in [4.78, 5) is 9.99. The monoisotopic (exact) mass is 320 g/mol. The number of aryl methyl sites for hydroxylation is 1. The summed E-state index contributed by atoms with van der Waals surface area (Å²) in [6, 6.07) is 7.99. The number of amides is 1. The second-order valence-corrected chi connectivity index (χ2v) is 5.36. The van der Waals surface area contributed by atoms with E-state index in [-0.39, 0.29) is 23.3 Å². The number of hydrogen-bond donors (Lipinski definition) is 2. The van der Waals surface area contributed by atoms with Crippen molar-refractivity contribution in [3.63, 3.8) is 0 Å². The quantitative estimate of drug-likeness (QED) is 0.661. The Hall–Kier alpha value is -1.72. The van der Waals surface area contributed by atoms with Crippen molar-refractivity contribution in [3.8, 4) is 6.07 Å². The molecule has 0 fully saturated rings. The molecule has 116 valence electrons. The second-order valence-electron chi connectivity index (χ2n) is 4.23. The maximum absolute atomic E-state index is 11.8. The Morgan fingerprint density at radius 3 is 2.19 bits per heavy atom. The lowest BCUT2D eigenvalue weighted by Crippen LogP contribution is -2.43. The van der Waals surface area contributed by atoms with Crippen LogP contribution in [-0.2, 0) is 4.79 Å². The first kappa shape index (κ1) is 19.3. The Balaban J connectivity index is 0.000000400. The molecule has 0 aromatic heterocycles. The number of nitriles is 1. The van der Waals surface area contributed by atoms with Crippen molar-refractivity contribution in [1.29, 1.82) is 5.26 Å². The van der Waals surface area contributed by atoms with E-state index in [1.165, 1.54) is 19.1 Å². The molecule has 0 bridgehead atoms. The van der Waals surface area contributed by atoms with Gasteiger partial charge in [-0.1, -0.05) is 17.7 Å². The summed E-state index contributed by atoms with van der Waals surface area (Å²) < 4.78 is 35.4. The number of aliphatic hydroxyl groups excluding tert-OH is 1. The van der Waals surface area contributed by atoms with E-state index in [0.717, 1.165) is 5.56 Å². The fourth-order valence-corrected chi connectivity index (χ4v) is 1.52. The van der Waals surface area contributed by atoms with E-state index in [4.69, 9.17) is 10.4 Å². The highest BCUT2D eigenvalue weighted by molar-refractivity contribution is 8.00. The molecule has 1 unspecified atom stereocenters. The zero-order valence-corrected chi connectivity index (χ0v) is 12.3. The topological polar surface area (TPSA) is 73.1 Å². The van der Waals surface area contributed by atoms with Crippen LogP contribution >= 0.6 is 11.8 Å². The van der Waals surface area contributed by atoms with Crippen molar-refractivity contribution < 1.29 is 23.1 Å². The Labute approximate surface area is 125 Å². The molecule has 21 heavy (non-hydrogen) atoms. The molecule has 1 amide bonds. The second kappa shape index (κ2) is 8.54. The summed E-state index contributed by atoms with van der Waals surface area (Å²) >= 11 is -0.0906. The van der Waals surface area contributed by atoms with Gasteiger partial charge in [0.1, 0.15) is 5.54 Å². The third-order valence-corrected chi connectivity index (χ3v) is 2.93. The summed E-state index contributed by atoms with van der Waals surface area (Å²) in [5.74, 6) is 0. The largest absolute Gasteiger partial charge is 0.446 e. The van der Waals surface area contributed by atoms with E-state index in [1.807, 2.05) is 6.92 Å².